The summed E-state index contributed by atoms with van der Waals surface area (Å²) in [4.78, 5) is 15.3. The molecular weight excluding hydrogens is 494 g/mol. The van der Waals surface area contributed by atoms with Gasteiger partial charge in [-0.25, -0.2) is 4.68 Å². The Labute approximate surface area is 231 Å². The minimum absolute atomic E-state index is 0.00464. The number of rotatable bonds is 12. The Kier molecular flexibility index (Phi) is 9.84. The van der Waals surface area contributed by atoms with E-state index in [-0.39, 0.29) is 18.5 Å². The van der Waals surface area contributed by atoms with Gasteiger partial charge in [-0.2, -0.15) is 5.10 Å². The standard InChI is InChI=1S/C30H41N5O4/c1-21(2)15-25-17-23(33-35(25)24-9-7-6-8-10-24)18-32-20-28(36)34-14-13-31-19-26(34)16-22-11-12-27(37-3)30(39-5)29(22)38-4/h6-12,17,21,26,31-32H,13-16,18-20H2,1-5H3. The van der Waals surface area contributed by atoms with Crippen molar-refractivity contribution in [2.24, 2.45) is 5.92 Å². The smallest absolute Gasteiger partial charge is 0.236 e. The van der Waals surface area contributed by atoms with Gasteiger partial charge in [-0.15, -0.1) is 0 Å². The lowest BCUT2D eigenvalue weighted by molar-refractivity contribution is -0.133. The van der Waals surface area contributed by atoms with Gasteiger partial charge >= 0.3 is 0 Å². The molecule has 1 aromatic heterocycles. The van der Waals surface area contributed by atoms with Gasteiger partial charge in [0.25, 0.3) is 0 Å². The van der Waals surface area contributed by atoms with Gasteiger partial charge in [0, 0.05) is 43.5 Å². The number of methoxy groups -OCH3 is 3. The normalized spacial score (nSPS) is 15.4. The number of ether oxygens (including phenoxy) is 3. The molecule has 3 aromatic rings. The number of piperazine rings is 1. The second kappa shape index (κ2) is 13.5. The molecule has 0 saturated carbocycles. The molecule has 2 aromatic carbocycles. The van der Waals surface area contributed by atoms with Crippen LogP contribution in [-0.4, -0.2) is 74.1 Å². The van der Waals surface area contributed by atoms with E-state index in [1.54, 1.807) is 21.3 Å². The lowest BCUT2D eigenvalue weighted by Crippen LogP contribution is -2.56. The monoisotopic (exact) mass is 535 g/mol. The van der Waals surface area contributed by atoms with Crippen molar-refractivity contribution in [1.82, 2.24) is 25.3 Å². The topological polar surface area (TPSA) is 89.9 Å². The molecule has 2 N–H and O–H groups in total. The molecule has 1 unspecified atom stereocenters. The zero-order valence-corrected chi connectivity index (χ0v) is 23.7. The molecule has 0 spiro atoms. The molecule has 1 fully saturated rings. The van der Waals surface area contributed by atoms with E-state index in [4.69, 9.17) is 19.3 Å². The van der Waals surface area contributed by atoms with E-state index >= 15 is 0 Å². The van der Waals surface area contributed by atoms with Crippen LogP contribution in [0.15, 0.2) is 48.5 Å². The zero-order valence-electron chi connectivity index (χ0n) is 23.7. The SMILES string of the molecule is COc1ccc(CC2CNCCN2C(=O)CNCc2cc(CC(C)C)n(-c3ccccc3)n2)c(OC)c1OC. The molecule has 9 nitrogen and oxygen atoms in total. The largest absolute Gasteiger partial charge is 0.493 e. The van der Waals surface area contributed by atoms with Crippen LogP contribution in [0.25, 0.3) is 5.69 Å². The van der Waals surface area contributed by atoms with Gasteiger partial charge in [0.1, 0.15) is 0 Å². The van der Waals surface area contributed by atoms with Crippen LogP contribution in [0.1, 0.15) is 30.8 Å². The summed E-state index contributed by atoms with van der Waals surface area (Å²) < 4.78 is 18.7. The molecule has 2 heterocycles. The Morgan fingerprint density at radius 1 is 1.08 bits per heavy atom. The first-order valence-corrected chi connectivity index (χ1v) is 13.6. The number of carbonyl (C=O) groups is 1. The molecular formula is C30H41N5O4. The van der Waals surface area contributed by atoms with Crippen molar-refractivity contribution in [2.45, 2.75) is 39.3 Å². The maximum absolute atomic E-state index is 13.3. The van der Waals surface area contributed by atoms with Crippen LogP contribution in [-0.2, 0) is 24.2 Å². The van der Waals surface area contributed by atoms with Gasteiger partial charge in [-0.3, -0.25) is 4.79 Å². The number of nitrogens with one attached hydrogen (secondary N) is 2. The average Bonchev–Trinajstić information content (AvgIpc) is 3.34. The first-order valence-electron chi connectivity index (χ1n) is 13.6. The summed E-state index contributed by atoms with van der Waals surface area (Å²) >= 11 is 0. The number of hydrogen-bond acceptors (Lipinski definition) is 7. The highest BCUT2D eigenvalue weighted by Crippen LogP contribution is 2.40. The van der Waals surface area contributed by atoms with E-state index in [1.165, 1.54) is 5.69 Å². The van der Waals surface area contributed by atoms with Gasteiger partial charge in [0.15, 0.2) is 11.5 Å². The van der Waals surface area contributed by atoms with Crippen LogP contribution < -0.4 is 24.8 Å². The summed E-state index contributed by atoms with van der Waals surface area (Å²) in [5.41, 5.74) is 4.11. The van der Waals surface area contributed by atoms with E-state index in [1.807, 2.05) is 39.9 Å². The second-order valence-electron chi connectivity index (χ2n) is 10.2. The highest BCUT2D eigenvalue weighted by molar-refractivity contribution is 5.79. The van der Waals surface area contributed by atoms with Crippen molar-refractivity contribution in [1.29, 1.82) is 0 Å². The number of carbonyl (C=O) groups excluding carboxylic acids is 1. The van der Waals surface area contributed by atoms with Crippen LogP contribution in [0.4, 0.5) is 0 Å². The van der Waals surface area contributed by atoms with E-state index in [2.05, 4.69) is 42.7 Å². The molecule has 39 heavy (non-hydrogen) atoms. The van der Waals surface area contributed by atoms with Crippen LogP contribution in [0, 0.1) is 5.92 Å². The highest BCUT2D eigenvalue weighted by atomic mass is 16.5. The molecule has 0 bridgehead atoms. The number of amides is 1. The van der Waals surface area contributed by atoms with Crippen molar-refractivity contribution in [3.63, 3.8) is 0 Å². The molecule has 1 aliphatic heterocycles. The van der Waals surface area contributed by atoms with Gasteiger partial charge < -0.3 is 29.7 Å². The predicted molar refractivity (Wildman–Crippen MR) is 152 cm³/mol. The number of hydrogen-bond donors (Lipinski definition) is 2. The Hall–Kier alpha value is -3.56. The first kappa shape index (κ1) is 28.4. The summed E-state index contributed by atoms with van der Waals surface area (Å²) in [5.74, 6) is 2.40. The fourth-order valence-electron chi connectivity index (χ4n) is 5.17. The maximum Gasteiger partial charge on any atom is 0.236 e. The van der Waals surface area contributed by atoms with Gasteiger partial charge in [0.05, 0.1) is 39.3 Å². The molecule has 1 aliphatic rings. The van der Waals surface area contributed by atoms with Crippen LogP contribution in [0.5, 0.6) is 17.2 Å². The van der Waals surface area contributed by atoms with E-state index in [0.29, 0.717) is 49.2 Å². The summed E-state index contributed by atoms with van der Waals surface area (Å²) in [6.45, 7) is 7.33. The minimum atomic E-state index is -0.00464. The second-order valence-corrected chi connectivity index (χ2v) is 10.2. The van der Waals surface area contributed by atoms with Crippen LogP contribution in [0.3, 0.4) is 0 Å². The molecule has 0 aliphatic carbocycles. The Morgan fingerprint density at radius 3 is 2.54 bits per heavy atom. The first-order chi connectivity index (χ1) is 18.9. The summed E-state index contributed by atoms with van der Waals surface area (Å²) in [5, 5.41) is 11.6. The molecule has 0 radical (unpaired) electrons. The third-order valence-corrected chi connectivity index (χ3v) is 6.95. The van der Waals surface area contributed by atoms with Crippen LogP contribution >= 0.6 is 0 Å². The summed E-state index contributed by atoms with van der Waals surface area (Å²) in [7, 11) is 4.83. The quantitative estimate of drug-likeness (QED) is 0.368. The molecule has 1 atom stereocenters. The summed E-state index contributed by atoms with van der Waals surface area (Å²) in [6, 6.07) is 16.2. The third-order valence-electron chi connectivity index (χ3n) is 6.95. The van der Waals surface area contributed by atoms with Crippen molar-refractivity contribution in [3.8, 4) is 22.9 Å². The molecule has 9 heteroatoms. The fraction of sp³-hybridized carbons (Fsp3) is 0.467. The Bertz CT molecular complexity index is 1230. The average molecular weight is 536 g/mol. The van der Waals surface area contributed by atoms with E-state index in [9.17, 15) is 4.79 Å². The number of benzene rings is 2. The number of aromatic nitrogens is 2. The fourth-order valence-corrected chi connectivity index (χ4v) is 5.17. The third kappa shape index (κ3) is 6.91. The number of para-hydroxylation sites is 1. The summed E-state index contributed by atoms with van der Waals surface area (Å²) in [6.07, 6.45) is 1.57. The van der Waals surface area contributed by atoms with E-state index in [0.717, 1.165) is 29.9 Å². The zero-order chi connectivity index (χ0) is 27.8. The van der Waals surface area contributed by atoms with Crippen molar-refractivity contribution < 1.29 is 19.0 Å². The van der Waals surface area contributed by atoms with Gasteiger partial charge in [0.2, 0.25) is 11.7 Å². The Morgan fingerprint density at radius 2 is 1.85 bits per heavy atom. The Balaban J connectivity index is 1.42. The van der Waals surface area contributed by atoms with E-state index < -0.39 is 0 Å². The molecule has 4 rings (SSSR count). The molecule has 1 saturated heterocycles. The lowest BCUT2D eigenvalue weighted by atomic mass is 10.0. The lowest BCUT2D eigenvalue weighted by Gasteiger charge is -2.37. The maximum atomic E-state index is 13.3. The van der Waals surface area contributed by atoms with Gasteiger partial charge in [-0.1, -0.05) is 38.1 Å². The number of nitrogens with zero attached hydrogens (tertiary/aromatic N) is 3. The molecule has 210 valence electrons. The minimum Gasteiger partial charge on any atom is -0.493 e. The van der Waals surface area contributed by atoms with Crippen molar-refractivity contribution >= 4 is 5.91 Å². The van der Waals surface area contributed by atoms with Gasteiger partial charge in [-0.05, 0) is 43.0 Å². The molecule has 1 amide bonds. The van der Waals surface area contributed by atoms with Crippen molar-refractivity contribution in [3.05, 3.63) is 65.5 Å². The van der Waals surface area contributed by atoms with Crippen LogP contribution in [0.2, 0.25) is 0 Å². The highest BCUT2D eigenvalue weighted by Gasteiger charge is 2.28. The predicted octanol–water partition coefficient (Wildman–Crippen LogP) is 3.23. The van der Waals surface area contributed by atoms with Crippen molar-refractivity contribution in [2.75, 3.05) is 47.5 Å².